The first-order chi connectivity index (χ1) is 12.4. The Labute approximate surface area is 161 Å². The lowest BCUT2D eigenvalue weighted by molar-refractivity contribution is -0.113. The molecule has 0 aromatic heterocycles. The Bertz CT molecular complexity index is 956. The van der Waals surface area contributed by atoms with Gasteiger partial charge in [0.1, 0.15) is 12.4 Å². The number of carbonyl (C=O) groups is 2. The fraction of sp³-hybridized carbons (Fsp3) is 0.0556. The summed E-state index contributed by atoms with van der Waals surface area (Å²) in [6.07, 6.45) is 1.71. The van der Waals surface area contributed by atoms with E-state index in [1.54, 1.807) is 30.3 Å². The third-order valence-electron chi connectivity index (χ3n) is 3.46. The summed E-state index contributed by atoms with van der Waals surface area (Å²) in [6.45, 7) is 0.235. The summed E-state index contributed by atoms with van der Waals surface area (Å²) in [5.41, 5.74) is 7.30. The molecule has 1 aliphatic heterocycles. The van der Waals surface area contributed by atoms with Crippen LogP contribution < -0.4 is 10.5 Å². The summed E-state index contributed by atoms with van der Waals surface area (Å²) in [5, 5.41) is 9.27. The Morgan fingerprint density at radius 1 is 1.31 bits per heavy atom. The Morgan fingerprint density at radius 2 is 2.12 bits per heavy atom. The van der Waals surface area contributed by atoms with Crippen LogP contribution in [0.5, 0.6) is 5.75 Å². The molecule has 8 heteroatoms. The number of benzene rings is 2. The Morgan fingerprint density at radius 3 is 2.77 bits per heavy atom. The quantitative estimate of drug-likeness (QED) is 0.698. The van der Waals surface area contributed by atoms with E-state index < -0.39 is 5.97 Å². The van der Waals surface area contributed by atoms with Gasteiger partial charge in [-0.25, -0.2) is 4.79 Å². The molecule has 0 aliphatic carbocycles. The first-order valence-electron chi connectivity index (χ1n) is 7.45. The van der Waals surface area contributed by atoms with Crippen LogP contribution in [-0.4, -0.2) is 22.2 Å². The van der Waals surface area contributed by atoms with E-state index >= 15 is 0 Å². The molecule has 1 amide bonds. The molecular weight excluding hydrogens is 420 g/mol. The highest BCUT2D eigenvalue weighted by molar-refractivity contribution is 9.10. The first kappa shape index (κ1) is 18.2. The van der Waals surface area contributed by atoms with Crippen molar-refractivity contribution in [2.45, 2.75) is 6.61 Å². The van der Waals surface area contributed by atoms with Gasteiger partial charge in [0.15, 0.2) is 5.17 Å². The molecule has 1 aliphatic rings. The highest BCUT2D eigenvalue weighted by Crippen LogP contribution is 2.31. The molecule has 0 radical (unpaired) electrons. The van der Waals surface area contributed by atoms with Crippen molar-refractivity contribution in [1.29, 1.82) is 0 Å². The van der Waals surface area contributed by atoms with Crippen molar-refractivity contribution in [2.24, 2.45) is 10.7 Å². The summed E-state index contributed by atoms with van der Waals surface area (Å²) in [4.78, 5) is 26.8. The van der Waals surface area contributed by atoms with Crippen LogP contribution in [0.1, 0.15) is 21.5 Å². The lowest BCUT2D eigenvalue weighted by Gasteiger charge is -2.09. The molecule has 0 spiro atoms. The number of nitrogens with two attached hydrogens (primary N) is 1. The van der Waals surface area contributed by atoms with Crippen LogP contribution in [0.3, 0.4) is 0 Å². The smallest absolute Gasteiger partial charge is 0.335 e. The predicted octanol–water partition coefficient (Wildman–Crippen LogP) is 3.66. The molecule has 132 valence electrons. The van der Waals surface area contributed by atoms with Gasteiger partial charge in [-0.05, 0) is 69.2 Å². The third kappa shape index (κ3) is 4.33. The van der Waals surface area contributed by atoms with E-state index in [1.165, 1.54) is 6.07 Å². The van der Waals surface area contributed by atoms with Crippen LogP contribution in [0.4, 0.5) is 0 Å². The number of ether oxygens (including phenoxy) is 1. The lowest BCUT2D eigenvalue weighted by Crippen LogP contribution is -2.01. The predicted molar refractivity (Wildman–Crippen MR) is 104 cm³/mol. The first-order valence-corrected chi connectivity index (χ1v) is 9.06. The van der Waals surface area contributed by atoms with E-state index in [4.69, 9.17) is 15.6 Å². The number of amides is 1. The van der Waals surface area contributed by atoms with Crippen LogP contribution in [0.25, 0.3) is 6.08 Å². The van der Waals surface area contributed by atoms with Crippen LogP contribution in [-0.2, 0) is 11.4 Å². The summed E-state index contributed by atoms with van der Waals surface area (Å²) < 4.78 is 6.46. The van der Waals surface area contributed by atoms with E-state index in [2.05, 4.69) is 20.9 Å². The van der Waals surface area contributed by atoms with Crippen molar-refractivity contribution < 1.29 is 19.4 Å². The second-order valence-electron chi connectivity index (χ2n) is 5.35. The van der Waals surface area contributed by atoms with Crippen LogP contribution in [0.2, 0.25) is 0 Å². The highest BCUT2D eigenvalue weighted by Gasteiger charge is 2.19. The molecule has 6 nitrogen and oxygen atoms in total. The summed E-state index contributed by atoms with van der Waals surface area (Å²) in [5.74, 6) is -0.717. The number of nitrogens with zero attached hydrogens (tertiary/aromatic N) is 1. The van der Waals surface area contributed by atoms with Gasteiger partial charge in [0, 0.05) is 0 Å². The molecule has 0 fully saturated rings. The van der Waals surface area contributed by atoms with Crippen molar-refractivity contribution in [3.63, 3.8) is 0 Å². The number of rotatable bonds is 5. The minimum absolute atomic E-state index is 0.215. The van der Waals surface area contributed by atoms with Gasteiger partial charge in [-0.3, -0.25) is 4.79 Å². The number of carboxylic acids is 1. The van der Waals surface area contributed by atoms with Crippen LogP contribution in [0.15, 0.2) is 56.8 Å². The maximum absolute atomic E-state index is 11.6. The molecule has 2 aromatic carbocycles. The molecule has 0 bridgehead atoms. The van der Waals surface area contributed by atoms with Crippen molar-refractivity contribution in [3.05, 3.63) is 68.5 Å². The Kier molecular flexibility index (Phi) is 5.43. The second kappa shape index (κ2) is 7.76. The van der Waals surface area contributed by atoms with Crippen molar-refractivity contribution >= 4 is 50.8 Å². The number of amidine groups is 1. The van der Waals surface area contributed by atoms with Gasteiger partial charge >= 0.3 is 5.97 Å². The zero-order chi connectivity index (χ0) is 18.7. The molecular formula is C18H13BrN2O4S. The van der Waals surface area contributed by atoms with Gasteiger partial charge in [-0.15, -0.1) is 0 Å². The average molecular weight is 433 g/mol. The highest BCUT2D eigenvalue weighted by atomic mass is 79.9. The number of carboxylic acid groups (broad SMARTS) is 1. The maximum atomic E-state index is 11.6. The number of carbonyl (C=O) groups excluding carboxylic acids is 1. The minimum Gasteiger partial charge on any atom is -0.488 e. The van der Waals surface area contributed by atoms with Gasteiger partial charge in [0.25, 0.3) is 5.91 Å². The van der Waals surface area contributed by atoms with E-state index in [9.17, 15) is 9.59 Å². The summed E-state index contributed by atoms with van der Waals surface area (Å²) in [7, 11) is 0. The van der Waals surface area contributed by atoms with Gasteiger partial charge in [0.05, 0.1) is 14.9 Å². The largest absolute Gasteiger partial charge is 0.488 e. The number of thioether (sulfide) groups is 1. The molecule has 2 aromatic rings. The molecule has 0 atom stereocenters. The van der Waals surface area contributed by atoms with Crippen molar-refractivity contribution in [1.82, 2.24) is 0 Å². The van der Waals surface area contributed by atoms with Crippen molar-refractivity contribution in [3.8, 4) is 5.75 Å². The fourth-order valence-electron chi connectivity index (χ4n) is 2.26. The molecule has 3 rings (SSSR count). The Balaban J connectivity index is 1.71. The normalized spacial score (nSPS) is 15.2. The molecule has 26 heavy (non-hydrogen) atoms. The van der Waals surface area contributed by atoms with E-state index in [0.29, 0.717) is 15.1 Å². The van der Waals surface area contributed by atoms with Gasteiger partial charge in [0.2, 0.25) is 0 Å². The molecule has 0 saturated carbocycles. The van der Waals surface area contributed by atoms with E-state index in [-0.39, 0.29) is 23.2 Å². The lowest BCUT2D eigenvalue weighted by atomic mass is 10.1. The van der Waals surface area contributed by atoms with E-state index in [1.807, 2.05) is 12.1 Å². The Hall–Kier alpha value is -2.58. The summed E-state index contributed by atoms with van der Waals surface area (Å²) >= 11 is 4.58. The molecule has 1 heterocycles. The number of aromatic carboxylic acids is 1. The summed E-state index contributed by atoms with van der Waals surface area (Å²) in [6, 6.07) is 12.0. The van der Waals surface area contributed by atoms with Crippen LogP contribution in [0, 0.1) is 0 Å². The average Bonchev–Trinajstić information content (AvgIpc) is 2.91. The minimum atomic E-state index is -0.977. The SMILES string of the molecule is NC1=NC(=O)C(=Cc2ccc(OCc3cccc(C(=O)O)c3)c(Br)c2)S1. The topological polar surface area (TPSA) is 102 Å². The number of aliphatic imine (C=N–C) groups is 1. The number of hydrogen-bond acceptors (Lipinski definition) is 5. The van der Waals surface area contributed by atoms with Gasteiger partial charge < -0.3 is 15.6 Å². The van der Waals surface area contributed by atoms with Crippen molar-refractivity contribution in [2.75, 3.05) is 0 Å². The zero-order valence-corrected chi connectivity index (χ0v) is 15.7. The standard InChI is InChI=1S/C18H13BrN2O4S/c19-13-7-10(8-15-16(22)21-18(20)26-15)4-5-14(13)25-9-11-2-1-3-12(6-11)17(23)24/h1-8H,9H2,(H,23,24)(H2,20,21,22). The number of hydrogen-bond donors (Lipinski definition) is 2. The molecule has 0 unspecified atom stereocenters. The monoisotopic (exact) mass is 432 g/mol. The fourth-order valence-corrected chi connectivity index (χ4v) is 3.45. The van der Waals surface area contributed by atoms with Crippen LogP contribution >= 0.6 is 27.7 Å². The zero-order valence-electron chi connectivity index (χ0n) is 13.3. The van der Waals surface area contributed by atoms with E-state index in [0.717, 1.165) is 22.9 Å². The molecule has 0 saturated heterocycles. The maximum Gasteiger partial charge on any atom is 0.335 e. The number of halogens is 1. The third-order valence-corrected chi connectivity index (χ3v) is 4.89. The van der Waals surface area contributed by atoms with Gasteiger partial charge in [-0.1, -0.05) is 18.2 Å². The van der Waals surface area contributed by atoms with Gasteiger partial charge in [-0.2, -0.15) is 4.99 Å². The second-order valence-corrected chi connectivity index (χ2v) is 7.27. The molecule has 3 N–H and O–H groups in total.